The second kappa shape index (κ2) is 5.03. The van der Waals surface area contributed by atoms with Crippen LogP contribution in [0.2, 0.25) is 0 Å². The molecule has 2 nitrogen and oxygen atoms in total. The van der Waals surface area contributed by atoms with Gasteiger partial charge in [-0.3, -0.25) is 4.79 Å². The summed E-state index contributed by atoms with van der Waals surface area (Å²) in [6.07, 6.45) is 3.04. The van der Waals surface area contributed by atoms with Crippen molar-refractivity contribution < 1.29 is 4.79 Å². The minimum Gasteiger partial charge on any atom is -0.294 e. The minimum atomic E-state index is 0.160. The number of thiazole rings is 1. The van der Waals surface area contributed by atoms with E-state index in [4.69, 9.17) is 0 Å². The normalized spacial score (nSPS) is 10.3. The van der Waals surface area contributed by atoms with Gasteiger partial charge in [0.1, 0.15) is 5.01 Å². The first-order valence-electron chi connectivity index (χ1n) is 5.30. The van der Waals surface area contributed by atoms with Gasteiger partial charge < -0.3 is 0 Å². The topological polar surface area (TPSA) is 30.0 Å². The van der Waals surface area contributed by atoms with E-state index < -0.39 is 0 Å². The minimum absolute atomic E-state index is 0.160. The maximum atomic E-state index is 12.1. The van der Waals surface area contributed by atoms with Gasteiger partial charge >= 0.3 is 0 Å². The van der Waals surface area contributed by atoms with Crippen LogP contribution >= 0.6 is 11.3 Å². The average molecular weight is 231 g/mol. The molecule has 1 aromatic heterocycles. The molecule has 0 aliphatic carbocycles. The Morgan fingerprint density at radius 3 is 2.88 bits per heavy atom. The molecule has 0 radical (unpaired) electrons. The number of nitrogens with zero attached hydrogens (tertiary/aromatic N) is 1. The number of benzene rings is 1. The lowest BCUT2D eigenvalue weighted by Gasteiger charge is -2.04. The molecule has 2 rings (SSSR count). The zero-order valence-corrected chi connectivity index (χ0v) is 9.96. The van der Waals surface area contributed by atoms with Crippen molar-refractivity contribution in [2.24, 2.45) is 0 Å². The first kappa shape index (κ1) is 11.0. The molecule has 1 aromatic carbocycles. The fraction of sp³-hybridized carbons (Fsp3) is 0.231. The van der Waals surface area contributed by atoms with Gasteiger partial charge in [0.05, 0.1) is 6.42 Å². The molecule has 0 N–H and O–H groups in total. The van der Waals surface area contributed by atoms with Gasteiger partial charge in [0, 0.05) is 17.1 Å². The summed E-state index contributed by atoms with van der Waals surface area (Å²) in [5, 5.41) is 2.78. The van der Waals surface area contributed by atoms with Crippen molar-refractivity contribution in [1.29, 1.82) is 0 Å². The third-order valence-electron chi connectivity index (χ3n) is 2.49. The summed E-state index contributed by atoms with van der Waals surface area (Å²) in [6.45, 7) is 2.06. The Bertz CT molecular complexity index is 476. The van der Waals surface area contributed by atoms with Crippen LogP contribution in [0.15, 0.2) is 35.8 Å². The molecule has 3 heteroatoms. The van der Waals surface area contributed by atoms with E-state index in [-0.39, 0.29) is 5.78 Å². The van der Waals surface area contributed by atoms with Crippen LogP contribution < -0.4 is 0 Å². The first-order chi connectivity index (χ1) is 7.81. The van der Waals surface area contributed by atoms with Crippen molar-refractivity contribution in [2.45, 2.75) is 19.8 Å². The lowest BCUT2D eigenvalue weighted by molar-refractivity contribution is 0.0992. The van der Waals surface area contributed by atoms with E-state index in [9.17, 15) is 4.79 Å². The van der Waals surface area contributed by atoms with Crippen molar-refractivity contribution in [3.05, 3.63) is 52.0 Å². The van der Waals surface area contributed by atoms with Crippen LogP contribution in [-0.4, -0.2) is 10.8 Å². The molecule has 0 unspecified atom stereocenters. The molecular weight excluding hydrogens is 218 g/mol. The summed E-state index contributed by atoms with van der Waals surface area (Å²) in [4.78, 5) is 16.2. The van der Waals surface area contributed by atoms with Gasteiger partial charge in [-0.05, 0) is 12.0 Å². The summed E-state index contributed by atoms with van der Waals surface area (Å²) in [5.41, 5.74) is 1.95. The Labute approximate surface area is 99.0 Å². The molecule has 0 amide bonds. The lowest BCUT2D eigenvalue weighted by Crippen LogP contribution is -2.06. The fourth-order valence-electron chi connectivity index (χ4n) is 1.67. The number of aryl methyl sites for hydroxylation is 1. The standard InChI is InChI=1S/C13H13NOS/c1-2-10-5-3-4-6-11(10)12(15)9-13-14-7-8-16-13/h3-8H,2,9H2,1H3. The number of hydrogen-bond acceptors (Lipinski definition) is 3. The molecule has 2 aromatic rings. The van der Waals surface area contributed by atoms with Gasteiger partial charge in [-0.2, -0.15) is 0 Å². The summed E-state index contributed by atoms with van der Waals surface area (Å²) in [6, 6.07) is 7.79. The van der Waals surface area contributed by atoms with Crippen LogP contribution in [0.5, 0.6) is 0 Å². The van der Waals surface area contributed by atoms with Gasteiger partial charge in [-0.1, -0.05) is 31.2 Å². The highest BCUT2D eigenvalue weighted by atomic mass is 32.1. The predicted molar refractivity (Wildman–Crippen MR) is 66.0 cm³/mol. The molecule has 82 valence electrons. The fourth-order valence-corrected chi connectivity index (χ4v) is 2.29. The Morgan fingerprint density at radius 1 is 1.38 bits per heavy atom. The molecular formula is C13H13NOS. The maximum absolute atomic E-state index is 12.1. The van der Waals surface area contributed by atoms with Crippen molar-refractivity contribution in [2.75, 3.05) is 0 Å². The third-order valence-corrected chi connectivity index (χ3v) is 3.27. The van der Waals surface area contributed by atoms with E-state index in [1.54, 1.807) is 6.20 Å². The smallest absolute Gasteiger partial charge is 0.169 e. The van der Waals surface area contributed by atoms with E-state index in [1.807, 2.05) is 29.6 Å². The van der Waals surface area contributed by atoms with Gasteiger partial charge in [-0.15, -0.1) is 11.3 Å². The highest BCUT2D eigenvalue weighted by molar-refractivity contribution is 7.09. The number of hydrogen-bond donors (Lipinski definition) is 0. The molecule has 0 fully saturated rings. The van der Waals surface area contributed by atoms with E-state index in [0.717, 1.165) is 22.6 Å². The quantitative estimate of drug-likeness (QED) is 0.757. The van der Waals surface area contributed by atoms with Crippen molar-refractivity contribution in [3.63, 3.8) is 0 Å². The van der Waals surface area contributed by atoms with Crippen LogP contribution in [0.4, 0.5) is 0 Å². The molecule has 0 saturated heterocycles. The second-order valence-electron chi connectivity index (χ2n) is 3.54. The van der Waals surface area contributed by atoms with E-state index in [0.29, 0.717) is 6.42 Å². The number of Topliss-reactive ketones (excluding diaryl/α,β-unsaturated/α-hetero) is 1. The first-order valence-corrected chi connectivity index (χ1v) is 6.18. The summed E-state index contributed by atoms with van der Waals surface area (Å²) in [7, 11) is 0. The SMILES string of the molecule is CCc1ccccc1C(=O)Cc1nccs1. The average Bonchev–Trinajstić information content (AvgIpc) is 2.81. The monoisotopic (exact) mass is 231 g/mol. The Hall–Kier alpha value is -1.48. The second-order valence-corrected chi connectivity index (χ2v) is 4.52. The molecule has 0 aliphatic rings. The number of carbonyl (C=O) groups excluding carboxylic acids is 1. The molecule has 0 saturated carbocycles. The third kappa shape index (κ3) is 2.36. The Kier molecular flexibility index (Phi) is 3.47. The summed E-state index contributed by atoms with van der Waals surface area (Å²) < 4.78 is 0. The zero-order chi connectivity index (χ0) is 11.4. The molecule has 1 heterocycles. The molecule has 0 bridgehead atoms. The van der Waals surface area contributed by atoms with Crippen LogP contribution in [0.1, 0.15) is 27.9 Å². The van der Waals surface area contributed by atoms with Gasteiger partial charge in [-0.25, -0.2) is 4.98 Å². The van der Waals surface area contributed by atoms with Crippen LogP contribution in [0, 0.1) is 0 Å². The maximum Gasteiger partial charge on any atom is 0.169 e. The Balaban J connectivity index is 2.21. The highest BCUT2D eigenvalue weighted by Crippen LogP contribution is 2.14. The number of aromatic nitrogens is 1. The van der Waals surface area contributed by atoms with Gasteiger partial charge in [0.15, 0.2) is 5.78 Å². The van der Waals surface area contributed by atoms with Crippen molar-refractivity contribution in [3.8, 4) is 0 Å². The molecule has 0 spiro atoms. The van der Waals surface area contributed by atoms with Crippen molar-refractivity contribution >= 4 is 17.1 Å². The number of ketones is 1. The predicted octanol–water partition coefficient (Wildman–Crippen LogP) is 3.13. The molecule has 16 heavy (non-hydrogen) atoms. The van der Waals surface area contributed by atoms with E-state index in [2.05, 4.69) is 11.9 Å². The molecule has 0 aliphatic heterocycles. The van der Waals surface area contributed by atoms with Crippen LogP contribution in [0.25, 0.3) is 0 Å². The Morgan fingerprint density at radius 2 is 2.19 bits per heavy atom. The highest BCUT2D eigenvalue weighted by Gasteiger charge is 2.11. The van der Waals surface area contributed by atoms with Crippen molar-refractivity contribution in [1.82, 2.24) is 4.98 Å². The van der Waals surface area contributed by atoms with Crippen LogP contribution in [-0.2, 0) is 12.8 Å². The zero-order valence-electron chi connectivity index (χ0n) is 9.14. The largest absolute Gasteiger partial charge is 0.294 e. The summed E-state index contributed by atoms with van der Waals surface area (Å²) in [5.74, 6) is 0.160. The van der Waals surface area contributed by atoms with Gasteiger partial charge in [0.2, 0.25) is 0 Å². The van der Waals surface area contributed by atoms with Crippen LogP contribution in [0.3, 0.4) is 0 Å². The van der Waals surface area contributed by atoms with E-state index >= 15 is 0 Å². The summed E-state index contributed by atoms with van der Waals surface area (Å²) >= 11 is 1.53. The molecule has 0 atom stereocenters. The van der Waals surface area contributed by atoms with E-state index in [1.165, 1.54) is 11.3 Å². The lowest BCUT2D eigenvalue weighted by atomic mass is 10.0. The number of carbonyl (C=O) groups is 1. The number of rotatable bonds is 4. The van der Waals surface area contributed by atoms with Gasteiger partial charge in [0.25, 0.3) is 0 Å².